The second kappa shape index (κ2) is 6.56. The van der Waals surface area contributed by atoms with Crippen LogP contribution in [0, 0.1) is 5.41 Å². The van der Waals surface area contributed by atoms with Gasteiger partial charge in [-0.25, -0.2) is 0 Å². The summed E-state index contributed by atoms with van der Waals surface area (Å²) in [5.74, 6) is 0. The Kier molecular flexibility index (Phi) is 5.91. The van der Waals surface area contributed by atoms with Crippen LogP contribution in [0.15, 0.2) is 11.6 Å². The Bertz CT molecular complexity index is 290. The first-order valence-corrected chi connectivity index (χ1v) is 11.0. The van der Waals surface area contributed by atoms with E-state index in [1.807, 2.05) is 0 Å². The topological polar surface area (TPSA) is 0 Å². The molecule has 1 rings (SSSR count). The van der Waals surface area contributed by atoms with E-state index in [0.29, 0.717) is 5.41 Å². The van der Waals surface area contributed by atoms with E-state index >= 15 is 0 Å². The summed E-state index contributed by atoms with van der Waals surface area (Å²) in [7, 11) is -1.07. The van der Waals surface area contributed by atoms with E-state index in [9.17, 15) is 0 Å². The summed E-state index contributed by atoms with van der Waals surface area (Å²) in [6, 6.07) is 0. The van der Waals surface area contributed by atoms with Gasteiger partial charge in [-0.1, -0.05) is 0 Å². The summed E-state index contributed by atoms with van der Waals surface area (Å²) in [4.78, 5) is 0. The van der Waals surface area contributed by atoms with Gasteiger partial charge in [-0.2, -0.15) is 0 Å². The Morgan fingerprint density at radius 1 is 1.33 bits per heavy atom. The SMILES string of the molecule is CCCC(C)(C)C[PH](C)(CC)C1CC=C(C)CC1. The molecule has 0 radical (unpaired) electrons. The Morgan fingerprint density at radius 3 is 2.44 bits per heavy atom. The molecule has 0 aromatic rings. The monoisotopic (exact) mass is 270 g/mol. The molecule has 0 N–H and O–H groups in total. The van der Waals surface area contributed by atoms with Crippen LogP contribution in [0.5, 0.6) is 0 Å². The average Bonchev–Trinajstić information content (AvgIpc) is 2.28. The van der Waals surface area contributed by atoms with Crippen molar-refractivity contribution in [1.29, 1.82) is 0 Å². The number of hydrogen-bond donors (Lipinski definition) is 0. The minimum absolute atomic E-state index is 0.571. The van der Waals surface area contributed by atoms with Gasteiger partial charge in [-0.15, -0.1) is 0 Å². The first kappa shape index (κ1) is 16.2. The van der Waals surface area contributed by atoms with Crippen LogP contribution in [0.1, 0.15) is 66.7 Å². The van der Waals surface area contributed by atoms with E-state index in [4.69, 9.17) is 0 Å². The molecule has 0 heterocycles. The molecule has 0 saturated heterocycles. The fourth-order valence-electron chi connectivity index (χ4n) is 4.01. The maximum absolute atomic E-state index is 2.68. The Morgan fingerprint density at radius 2 is 2.00 bits per heavy atom. The third kappa shape index (κ3) is 4.37. The van der Waals surface area contributed by atoms with Crippen LogP contribution in [0.25, 0.3) is 0 Å². The molecule has 0 nitrogen and oxygen atoms in total. The predicted molar refractivity (Wildman–Crippen MR) is 89.7 cm³/mol. The molecule has 0 spiro atoms. The maximum atomic E-state index is 2.68. The second-order valence-corrected chi connectivity index (χ2v) is 12.8. The van der Waals surface area contributed by atoms with Crippen LogP contribution in [-0.2, 0) is 0 Å². The zero-order valence-electron chi connectivity index (χ0n) is 13.6. The fraction of sp³-hybridized carbons (Fsp3) is 0.882. The first-order valence-electron chi connectivity index (χ1n) is 7.98. The normalized spacial score (nSPS) is 22.8. The third-order valence-electron chi connectivity index (χ3n) is 5.24. The summed E-state index contributed by atoms with van der Waals surface area (Å²) >= 11 is 0. The molecular weight excluding hydrogens is 235 g/mol. The molecule has 108 valence electrons. The van der Waals surface area contributed by atoms with Crippen molar-refractivity contribution in [2.45, 2.75) is 72.4 Å². The second-order valence-electron chi connectivity index (χ2n) is 7.62. The molecule has 1 unspecified atom stereocenters. The van der Waals surface area contributed by atoms with E-state index in [-0.39, 0.29) is 0 Å². The van der Waals surface area contributed by atoms with Crippen molar-refractivity contribution in [3.05, 3.63) is 11.6 Å². The average molecular weight is 270 g/mol. The fourth-order valence-corrected chi connectivity index (χ4v) is 9.02. The molecule has 0 aliphatic heterocycles. The van der Waals surface area contributed by atoms with Gasteiger partial charge in [0.05, 0.1) is 0 Å². The van der Waals surface area contributed by atoms with Gasteiger partial charge in [0.25, 0.3) is 0 Å². The molecule has 0 fully saturated rings. The summed E-state index contributed by atoms with van der Waals surface area (Å²) in [5, 5.41) is 0. The van der Waals surface area contributed by atoms with Gasteiger partial charge < -0.3 is 0 Å². The van der Waals surface area contributed by atoms with Crippen molar-refractivity contribution < 1.29 is 0 Å². The van der Waals surface area contributed by atoms with E-state index in [2.05, 4.69) is 47.4 Å². The predicted octanol–water partition coefficient (Wildman–Crippen LogP) is 5.71. The van der Waals surface area contributed by atoms with E-state index < -0.39 is 7.26 Å². The zero-order chi connectivity index (χ0) is 13.8. The quantitative estimate of drug-likeness (QED) is 0.428. The van der Waals surface area contributed by atoms with Gasteiger partial charge in [-0.3, -0.25) is 0 Å². The minimum atomic E-state index is -1.07. The van der Waals surface area contributed by atoms with Crippen LogP contribution in [-0.4, -0.2) is 24.6 Å². The summed E-state index contributed by atoms with van der Waals surface area (Å²) in [6.07, 6.45) is 12.5. The van der Waals surface area contributed by atoms with E-state index in [1.165, 1.54) is 44.4 Å². The van der Waals surface area contributed by atoms with E-state index in [1.54, 1.807) is 5.57 Å². The first-order chi connectivity index (χ1) is 8.33. The Hall–Kier alpha value is 0.170. The molecule has 0 aromatic heterocycles. The van der Waals surface area contributed by atoms with Gasteiger partial charge >= 0.3 is 116 Å². The zero-order valence-corrected chi connectivity index (χ0v) is 14.6. The van der Waals surface area contributed by atoms with Crippen LogP contribution in [0.2, 0.25) is 0 Å². The van der Waals surface area contributed by atoms with Crippen molar-refractivity contribution in [3.8, 4) is 0 Å². The van der Waals surface area contributed by atoms with Crippen LogP contribution in [0.3, 0.4) is 0 Å². The molecule has 0 bridgehead atoms. The number of allylic oxidation sites excluding steroid dienone is 2. The summed E-state index contributed by atoms with van der Waals surface area (Å²) < 4.78 is 0. The van der Waals surface area contributed by atoms with Crippen LogP contribution >= 0.6 is 7.26 Å². The van der Waals surface area contributed by atoms with Gasteiger partial charge in [0.2, 0.25) is 0 Å². The Balaban J connectivity index is 2.73. The van der Waals surface area contributed by atoms with Crippen molar-refractivity contribution in [2.24, 2.45) is 5.41 Å². The number of rotatable bonds is 6. The number of hydrogen-bond acceptors (Lipinski definition) is 0. The third-order valence-corrected chi connectivity index (χ3v) is 11.1. The summed E-state index contributed by atoms with van der Waals surface area (Å²) in [5.41, 5.74) is 3.25. The molecule has 1 aliphatic rings. The standard InChI is InChI=1S/C17H35P/c1-7-13-17(4,5)14-18(6,8-2)16-11-9-15(3)10-12-16/h9,16,18H,7-8,10-14H2,1-6H3. The van der Waals surface area contributed by atoms with Crippen LogP contribution in [0.4, 0.5) is 0 Å². The molecule has 1 aliphatic carbocycles. The summed E-state index contributed by atoms with van der Waals surface area (Å²) in [6.45, 7) is 14.8. The molecule has 0 aromatic carbocycles. The molecule has 0 saturated carbocycles. The van der Waals surface area contributed by atoms with Gasteiger partial charge in [-0.05, 0) is 0 Å². The van der Waals surface area contributed by atoms with Crippen molar-refractivity contribution >= 4 is 7.26 Å². The van der Waals surface area contributed by atoms with E-state index in [0.717, 1.165) is 5.66 Å². The molecule has 1 heteroatoms. The van der Waals surface area contributed by atoms with Gasteiger partial charge in [0.15, 0.2) is 0 Å². The van der Waals surface area contributed by atoms with Gasteiger partial charge in [0, 0.05) is 0 Å². The van der Waals surface area contributed by atoms with Gasteiger partial charge in [0.1, 0.15) is 0 Å². The molecule has 0 amide bonds. The Labute approximate surface area is 116 Å². The molecule has 1 atom stereocenters. The van der Waals surface area contributed by atoms with Crippen molar-refractivity contribution in [3.63, 3.8) is 0 Å². The van der Waals surface area contributed by atoms with Crippen molar-refractivity contribution in [1.82, 2.24) is 0 Å². The van der Waals surface area contributed by atoms with Crippen molar-refractivity contribution in [2.75, 3.05) is 19.0 Å². The molecular formula is C17H35P. The molecule has 18 heavy (non-hydrogen) atoms. The van der Waals surface area contributed by atoms with Crippen LogP contribution < -0.4 is 0 Å².